The number of nitrogens with zero attached hydrogens (tertiary/aromatic N) is 5. The lowest BCUT2D eigenvalue weighted by atomic mass is 9.96. The van der Waals surface area contributed by atoms with Crippen LogP contribution < -0.4 is 5.32 Å². The monoisotopic (exact) mass is 420 g/mol. The molecule has 1 fully saturated rings. The molecule has 0 spiro atoms. The number of likely N-dealkylation sites (tertiary alicyclic amines) is 1. The zero-order chi connectivity index (χ0) is 22.1. The minimum Gasteiger partial charge on any atom is -0.444 e. The Morgan fingerprint density at radius 1 is 1.33 bits per heavy atom. The predicted octanol–water partition coefficient (Wildman–Crippen LogP) is 2.90. The van der Waals surface area contributed by atoms with Crippen LogP contribution in [0.4, 0.5) is 4.79 Å². The smallest absolute Gasteiger partial charge is 0.410 e. The molecule has 2 heterocycles. The van der Waals surface area contributed by atoms with Crippen LogP contribution in [-0.2, 0) is 18.2 Å². The highest BCUT2D eigenvalue weighted by Crippen LogP contribution is 2.20. The van der Waals surface area contributed by atoms with Crippen LogP contribution in [0, 0.1) is 5.92 Å². The number of hydrogen-bond acceptors (Lipinski definition) is 4. The van der Waals surface area contributed by atoms with Crippen molar-refractivity contribution in [1.29, 1.82) is 0 Å². The number of guanidine groups is 1. The zero-order valence-electron chi connectivity index (χ0n) is 19.6. The van der Waals surface area contributed by atoms with Gasteiger partial charge < -0.3 is 19.9 Å². The molecule has 2 rings (SSSR count). The van der Waals surface area contributed by atoms with E-state index in [1.165, 1.54) is 5.56 Å². The lowest BCUT2D eigenvalue weighted by Crippen LogP contribution is -2.48. The Morgan fingerprint density at radius 2 is 2.03 bits per heavy atom. The summed E-state index contributed by atoms with van der Waals surface area (Å²) in [4.78, 5) is 21.4. The molecule has 8 heteroatoms. The topological polar surface area (TPSA) is 75.0 Å². The molecule has 1 aliphatic rings. The normalized spacial score (nSPS) is 15.9. The number of aryl methyl sites for hydroxylation is 1. The highest BCUT2D eigenvalue weighted by molar-refractivity contribution is 5.80. The van der Waals surface area contributed by atoms with Gasteiger partial charge in [-0.05, 0) is 65.4 Å². The number of ether oxygens (including phenoxy) is 1. The van der Waals surface area contributed by atoms with E-state index in [1.807, 2.05) is 56.7 Å². The lowest BCUT2D eigenvalue weighted by molar-refractivity contribution is 0.0214. The van der Waals surface area contributed by atoms with Crippen LogP contribution in [0.15, 0.2) is 17.4 Å². The van der Waals surface area contributed by atoms with Crippen molar-refractivity contribution in [2.45, 2.75) is 59.5 Å². The van der Waals surface area contributed by atoms with E-state index in [9.17, 15) is 4.79 Å². The molecule has 1 saturated heterocycles. The van der Waals surface area contributed by atoms with Gasteiger partial charge in [0.25, 0.3) is 0 Å². The predicted molar refractivity (Wildman–Crippen MR) is 121 cm³/mol. The maximum atomic E-state index is 12.4. The van der Waals surface area contributed by atoms with E-state index >= 15 is 0 Å². The molecule has 0 atom stereocenters. The molecule has 1 aromatic rings. The number of aromatic nitrogens is 2. The van der Waals surface area contributed by atoms with E-state index in [-0.39, 0.29) is 6.09 Å². The van der Waals surface area contributed by atoms with E-state index in [1.54, 1.807) is 0 Å². The Kier molecular flexibility index (Phi) is 8.99. The largest absolute Gasteiger partial charge is 0.444 e. The molecule has 0 radical (unpaired) electrons. The highest BCUT2D eigenvalue weighted by atomic mass is 16.6. The van der Waals surface area contributed by atoms with Crippen molar-refractivity contribution in [3.8, 4) is 0 Å². The highest BCUT2D eigenvalue weighted by Gasteiger charge is 2.27. The summed E-state index contributed by atoms with van der Waals surface area (Å²) in [6, 6.07) is 0. The van der Waals surface area contributed by atoms with Gasteiger partial charge in [0.1, 0.15) is 5.60 Å². The van der Waals surface area contributed by atoms with Gasteiger partial charge in [-0.25, -0.2) is 4.79 Å². The van der Waals surface area contributed by atoms with E-state index < -0.39 is 5.60 Å². The summed E-state index contributed by atoms with van der Waals surface area (Å²) in [5, 5.41) is 7.64. The molecule has 170 valence electrons. The van der Waals surface area contributed by atoms with E-state index in [4.69, 9.17) is 9.73 Å². The van der Waals surface area contributed by atoms with Gasteiger partial charge in [-0.2, -0.15) is 5.10 Å². The number of amides is 1. The van der Waals surface area contributed by atoms with Crippen molar-refractivity contribution in [2.75, 3.05) is 39.3 Å². The standard InChI is InChI=1S/C22H40N6O2/c1-7-23-20(24-12-9-19-15-25-26(6)16-19)28-13-10-18(11-14-28)17-27(8-2)21(29)30-22(3,4)5/h15-16,18H,7-14,17H2,1-6H3,(H,23,24). The van der Waals surface area contributed by atoms with Crippen molar-refractivity contribution < 1.29 is 9.53 Å². The molecule has 1 amide bonds. The molecule has 1 N–H and O–H groups in total. The summed E-state index contributed by atoms with van der Waals surface area (Å²) in [6.45, 7) is 14.8. The first kappa shape index (κ1) is 24.0. The van der Waals surface area contributed by atoms with Crippen LogP contribution in [0.1, 0.15) is 53.0 Å². The van der Waals surface area contributed by atoms with Gasteiger partial charge in [0.2, 0.25) is 0 Å². The molecule has 0 unspecified atom stereocenters. The third kappa shape index (κ3) is 7.88. The van der Waals surface area contributed by atoms with E-state index in [0.29, 0.717) is 12.5 Å². The fraction of sp³-hybridized carbons (Fsp3) is 0.773. The molecular weight excluding hydrogens is 380 g/mol. The Labute approximate surface area is 181 Å². The van der Waals surface area contributed by atoms with Gasteiger partial charge in [-0.15, -0.1) is 0 Å². The Bertz CT molecular complexity index is 686. The molecule has 0 bridgehead atoms. The number of carbonyl (C=O) groups excluding carboxylic acids is 1. The lowest BCUT2D eigenvalue weighted by Gasteiger charge is -2.36. The van der Waals surface area contributed by atoms with Crippen molar-refractivity contribution in [1.82, 2.24) is 24.9 Å². The van der Waals surface area contributed by atoms with Gasteiger partial charge >= 0.3 is 6.09 Å². The average molecular weight is 421 g/mol. The minimum absolute atomic E-state index is 0.210. The van der Waals surface area contributed by atoms with Crippen LogP contribution in [0.25, 0.3) is 0 Å². The summed E-state index contributed by atoms with van der Waals surface area (Å²) in [6.07, 6.45) is 6.72. The molecule has 0 saturated carbocycles. The van der Waals surface area contributed by atoms with Gasteiger partial charge in [0.15, 0.2) is 5.96 Å². The van der Waals surface area contributed by atoms with Crippen molar-refractivity contribution >= 4 is 12.1 Å². The summed E-state index contributed by atoms with van der Waals surface area (Å²) < 4.78 is 7.37. The quantitative estimate of drug-likeness (QED) is 0.542. The second kappa shape index (κ2) is 11.2. The van der Waals surface area contributed by atoms with Crippen LogP contribution in [0.5, 0.6) is 0 Å². The first-order valence-electron chi connectivity index (χ1n) is 11.2. The number of aliphatic imine (C=N–C) groups is 1. The summed E-state index contributed by atoms with van der Waals surface area (Å²) in [7, 11) is 1.93. The molecule has 8 nitrogen and oxygen atoms in total. The SMILES string of the molecule is CCNC(=NCCc1cnn(C)c1)N1CCC(CN(CC)C(=O)OC(C)(C)C)CC1. The third-order valence-electron chi connectivity index (χ3n) is 5.18. The molecule has 0 aromatic carbocycles. The molecule has 1 aliphatic heterocycles. The van der Waals surface area contributed by atoms with Gasteiger partial charge in [-0.1, -0.05) is 0 Å². The summed E-state index contributed by atoms with van der Waals surface area (Å²) in [5.41, 5.74) is 0.749. The summed E-state index contributed by atoms with van der Waals surface area (Å²) >= 11 is 0. The first-order chi connectivity index (χ1) is 14.2. The fourth-order valence-electron chi connectivity index (χ4n) is 3.62. The first-order valence-corrected chi connectivity index (χ1v) is 11.2. The number of rotatable bonds is 7. The van der Waals surface area contributed by atoms with E-state index in [0.717, 1.165) is 57.9 Å². The van der Waals surface area contributed by atoms with Crippen LogP contribution in [-0.4, -0.2) is 76.5 Å². The van der Waals surface area contributed by atoms with Crippen LogP contribution in [0.3, 0.4) is 0 Å². The Hall–Kier alpha value is -2.25. The molecule has 0 aliphatic carbocycles. The van der Waals surface area contributed by atoms with Crippen LogP contribution >= 0.6 is 0 Å². The van der Waals surface area contributed by atoms with Gasteiger partial charge in [0.05, 0.1) is 6.20 Å². The minimum atomic E-state index is -0.457. The van der Waals surface area contributed by atoms with Gasteiger partial charge in [0, 0.05) is 52.5 Å². The van der Waals surface area contributed by atoms with Crippen molar-refractivity contribution in [3.05, 3.63) is 18.0 Å². The number of carbonyl (C=O) groups is 1. The fourth-order valence-corrected chi connectivity index (χ4v) is 3.62. The summed E-state index contributed by atoms with van der Waals surface area (Å²) in [5.74, 6) is 1.48. The second-order valence-electron chi connectivity index (χ2n) is 8.96. The Morgan fingerprint density at radius 3 is 2.57 bits per heavy atom. The molecule has 30 heavy (non-hydrogen) atoms. The number of hydrogen-bond donors (Lipinski definition) is 1. The zero-order valence-corrected chi connectivity index (χ0v) is 19.6. The maximum absolute atomic E-state index is 12.4. The van der Waals surface area contributed by atoms with E-state index in [2.05, 4.69) is 22.2 Å². The Balaban J connectivity index is 1.85. The van der Waals surface area contributed by atoms with Crippen LogP contribution in [0.2, 0.25) is 0 Å². The second-order valence-corrected chi connectivity index (χ2v) is 8.96. The van der Waals surface area contributed by atoms with Crippen molar-refractivity contribution in [2.24, 2.45) is 18.0 Å². The van der Waals surface area contributed by atoms with Gasteiger partial charge in [-0.3, -0.25) is 9.67 Å². The number of nitrogens with one attached hydrogen (secondary N) is 1. The van der Waals surface area contributed by atoms with Crippen molar-refractivity contribution in [3.63, 3.8) is 0 Å². The third-order valence-corrected chi connectivity index (χ3v) is 5.18. The number of piperidine rings is 1. The average Bonchev–Trinajstić information content (AvgIpc) is 3.09. The maximum Gasteiger partial charge on any atom is 0.410 e. The molecule has 1 aromatic heterocycles. The molecular formula is C22H40N6O2.